The highest BCUT2D eigenvalue weighted by Crippen LogP contribution is 2.32. The van der Waals surface area contributed by atoms with Crippen molar-refractivity contribution in [2.75, 3.05) is 20.8 Å². The Bertz CT molecular complexity index is 337. The highest BCUT2D eigenvalue weighted by molar-refractivity contribution is 5.47. The first-order valence-corrected chi connectivity index (χ1v) is 5.06. The summed E-state index contributed by atoms with van der Waals surface area (Å²) in [6.45, 7) is 4.67. The predicted molar refractivity (Wildman–Crippen MR) is 61.8 cm³/mol. The molecule has 0 saturated heterocycles. The van der Waals surface area contributed by atoms with Crippen molar-refractivity contribution in [3.8, 4) is 11.5 Å². The van der Waals surface area contributed by atoms with Crippen LogP contribution in [0.25, 0.3) is 0 Å². The lowest BCUT2D eigenvalue weighted by atomic mass is 9.98. The van der Waals surface area contributed by atoms with E-state index in [-0.39, 0.29) is 5.92 Å². The fourth-order valence-electron chi connectivity index (χ4n) is 1.59. The van der Waals surface area contributed by atoms with E-state index in [1.165, 1.54) is 0 Å². The summed E-state index contributed by atoms with van der Waals surface area (Å²) in [6, 6.07) is 3.99. The molecule has 0 bridgehead atoms. The van der Waals surface area contributed by atoms with Gasteiger partial charge in [0.2, 0.25) is 0 Å². The Labute approximate surface area is 91.2 Å². The van der Waals surface area contributed by atoms with Gasteiger partial charge in [0.05, 0.1) is 14.2 Å². The summed E-state index contributed by atoms with van der Waals surface area (Å²) in [5, 5.41) is 0. The van der Waals surface area contributed by atoms with Crippen molar-refractivity contribution in [1.82, 2.24) is 0 Å². The Morgan fingerprint density at radius 1 is 1.20 bits per heavy atom. The van der Waals surface area contributed by atoms with Gasteiger partial charge < -0.3 is 15.2 Å². The number of nitrogens with two attached hydrogens (primary N) is 1. The number of ether oxygens (including phenoxy) is 2. The maximum absolute atomic E-state index is 5.66. The Kier molecular flexibility index (Phi) is 3.97. The molecule has 0 aliphatic heterocycles. The van der Waals surface area contributed by atoms with Crippen LogP contribution in [0.3, 0.4) is 0 Å². The highest BCUT2D eigenvalue weighted by atomic mass is 16.5. The minimum absolute atomic E-state index is 0.273. The molecule has 1 aromatic carbocycles. The number of methoxy groups -OCH3 is 2. The lowest BCUT2D eigenvalue weighted by Crippen LogP contribution is -2.10. The third-order valence-corrected chi connectivity index (χ3v) is 2.63. The van der Waals surface area contributed by atoms with Crippen molar-refractivity contribution >= 4 is 0 Å². The normalized spacial score (nSPS) is 12.3. The molecule has 0 saturated carbocycles. The van der Waals surface area contributed by atoms with Gasteiger partial charge in [-0.05, 0) is 37.1 Å². The lowest BCUT2D eigenvalue weighted by Gasteiger charge is -2.16. The maximum atomic E-state index is 5.66. The molecule has 0 amide bonds. The van der Waals surface area contributed by atoms with Crippen LogP contribution < -0.4 is 15.2 Å². The molecule has 1 rings (SSSR count). The Balaban J connectivity index is 3.22. The van der Waals surface area contributed by atoms with E-state index in [1.807, 2.05) is 19.1 Å². The van der Waals surface area contributed by atoms with Crippen molar-refractivity contribution in [3.05, 3.63) is 23.3 Å². The van der Waals surface area contributed by atoms with Crippen LogP contribution in [0.5, 0.6) is 11.5 Å². The molecule has 0 fully saturated rings. The molecule has 0 aliphatic rings. The monoisotopic (exact) mass is 209 g/mol. The van der Waals surface area contributed by atoms with Crippen molar-refractivity contribution in [1.29, 1.82) is 0 Å². The van der Waals surface area contributed by atoms with E-state index in [9.17, 15) is 0 Å². The fraction of sp³-hybridized carbons (Fsp3) is 0.500. The minimum atomic E-state index is 0.273. The van der Waals surface area contributed by atoms with Crippen LogP contribution in [0, 0.1) is 6.92 Å². The average Bonchev–Trinajstić information content (AvgIpc) is 2.27. The Morgan fingerprint density at radius 2 is 1.80 bits per heavy atom. The topological polar surface area (TPSA) is 44.5 Å². The minimum Gasteiger partial charge on any atom is -0.496 e. The molecular formula is C12H19NO2. The lowest BCUT2D eigenvalue weighted by molar-refractivity contribution is 0.394. The highest BCUT2D eigenvalue weighted by Gasteiger charge is 2.13. The van der Waals surface area contributed by atoms with E-state index in [2.05, 4.69) is 6.92 Å². The second kappa shape index (κ2) is 5.03. The number of benzene rings is 1. The van der Waals surface area contributed by atoms with Gasteiger partial charge in [0.25, 0.3) is 0 Å². The molecule has 1 unspecified atom stereocenters. The van der Waals surface area contributed by atoms with E-state index < -0.39 is 0 Å². The van der Waals surface area contributed by atoms with Crippen molar-refractivity contribution < 1.29 is 9.47 Å². The second-order valence-corrected chi connectivity index (χ2v) is 3.70. The van der Waals surface area contributed by atoms with Gasteiger partial charge in [0.15, 0.2) is 0 Å². The van der Waals surface area contributed by atoms with Gasteiger partial charge in [-0.3, -0.25) is 0 Å². The summed E-state index contributed by atoms with van der Waals surface area (Å²) < 4.78 is 10.6. The van der Waals surface area contributed by atoms with Gasteiger partial charge in [-0.2, -0.15) is 0 Å². The molecule has 1 atom stereocenters. The average molecular weight is 209 g/mol. The quantitative estimate of drug-likeness (QED) is 0.825. The number of hydrogen-bond donors (Lipinski definition) is 1. The third-order valence-electron chi connectivity index (χ3n) is 2.63. The van der Waals surface area contributed by atoms with Crippen molar-refractivity contribution in [2.45, 2.75) is 19.8 Å². The predicted octanol–water partition coefficient (Wildman–Crippen LogP) is 2.07. The molecule has 0 aliphatic carbocycles. The SMILES string of the molecule is COc1cc(C(C)CN)c(OC)cc1C. The number of rotatable bonds is 4. The molecule has 3 nitrogen and oxygen atoms in total. The number of hydrogen-bond acceptors (Lipinski definition) is 3. The van der Waals surface area contributed by atoms with E-state index >= 15 is 0 Å². The fourth-order valence-corrected chi connectivity index (χ4v) is 1.59. The van der Waals surface area contributed by atoms with Crippen LogP contribution in [-0.4, -0.2) is 20.8 Å². The molecule has 0 aromatic heterocycles. The molecule has 0 spiro atoms. The van der Waals surface area contributed by atoms with Gasteiger partial charge in [-0.25, -0.2) is 0 Å². The molecule has 15 heavy (non-hydrogen) atoms. The summed E-state index contributed by atoms with van der Waals surface area (Å²) in [7, 11) is 3.35. The Morgan fingerprint density at radius 3 is 2.27 bits per heavy atom. The molecule has 84 valence electrons. The molecule has 0 radical (unpaired) electrons. The first-order chi connectivity index (χ1) is 7.13. The van der Waals surface area contributed by atoms with E-state index in [4.69, 9.17) is 15.2 Å². The third kappa shape index (κ3) is 2.42. The van der Waals surface area contributed by atoms with Crippen LogP contribution in [0.4, 0.5) is 0 Å². The van der Waals surface area contributed by atoms with Crippen LogP contribution in [0.2, 0.25) is 0 Å². The van der Waals surface area contributed by atoms with Gasteiger partial charge in [0.1, 0.15) is 11.5 Å². The molecule has 1 aromatic rings. The van der Waals surface area contributed by atoms with Gasteiger partial charge in [-0.15, -0.1) is 0 Å². The smallest absolute Gasteiger partial charge is 0.122 e. The van der Waals surface area contributed by atoms with E-state index in [1.54, 1.807) is 14.2 Å². The maximum Gasteiger partial charge on any atom is 0.122 e. The van der Waals surface area contributed by atoms with Gasteiger partial charge >= 0.3 is 0 Å². The van der Waals surface area contributed by atoms with Gasteiger partial charge in [0, 0.05) is 5.56 Å². The van der Waals surface area contributed by atoms with Gasteiger partial charge in [-0.1, -0.05) is 6.92 Å². The van der Waals surface area contributed by atoms with Crippen LogP contribution >= 0.6 is 0 Å². The first kappa shape index (κ1) is 11.9. The summed E-state index contributed by atoms with van der Waals surface area (Å²) in [6.07, 6.45) is 0. The van der Waals surface area contributed by atoms with Crippen LogP contribution in [0.1, 0.15) is 24.0 Å². The number of aryl methyl sites for hydroxylation is 1. The molecule has 0 heterocycles. The van der Waals surface area contributed by atoms with Crippen molar-refractivity contribution in [2.24, 2.45) is 5.73 Å². The molecular weight excluding hydrogens is 190 g/mol. The summed E-state index contributed by atoms with van der Waals surface area (Å²) in [4.78, 5) is 0. The molecule has 2 N–H and O–H groups in total. The summed E-state index contributed by atoms with van der Waals surface area (Å²) in [5.74, 6) is 2.03. The summed E-state index contributed by atoms with van der Waals surface area (Å²) >= 11 is 0. The second-order valence-electron chi connectivity index (χ2n) is 3.70. The standard InChI is InChI=1S/C12H19NO2/c1-8-5-12(15-4)10(9(2)7-13)6-11(8)14-3/h5-6,9H,7,13H2,1-4H3. The first-order valence-electron chi connectivity index (χ1n) is 5.06. The summed E-state index contributed by atoms with van der Waals surface area (Å²) in [5.41, 5.74) is 7.83. The zero-order chi connectivity index (χ0) is 11.4. The van der Waals surface area contributed by atoms with Crippen LogP contribution in [-0.2, 0) is 0 Å². The van der Waals surface area contributed by atoms with Crippen molar-refractivity contribution in [3.63, 3.8) is 0 Å². The van der Waals surface area contributed by atoms with Crippen LogP contribution in [0.15, 0.2) is 12.1 Å². The van der Waals surface area contributed by atoms with E-state index in [0.717, 1.165) is 22.6 Å². The van der Waals surface area contributed by atoms with E-state index in [0.29, 0.717) is 6.54 Å². The molecule has 3 heteroatoms. The Hall–Kier alpha value is -1.22. The zero-order valence-corrected chi connectivity index (χ0v) is 9.83. The zero-order valence-electron chi connectivity index (χ0n) is 9.83. The largest absolute Gasteiger partial charge is 0.496 e.